The highest BCUT2D eigenvalue weighted by Gasteiger charge is 2.55. The summed E-state index contributed by atoms with van der Waals surface area (Å²) in [5.41, 5.74) is 1.41. The number of benzene rings is 1. The second-order valence-electron chi connectivity index (χ2n) is 8.84. The van der Waals surface area contributed by atoms with Crippen LogP contribution in [-0.4, -0.2) is 85.0 Å². The number of carbonyl (C=O) groups is 3. The molecule has 3 fully saturated rings. The number of anilines is 1. The number of amides is 4. The summed E-state index contributed by atoms with van der Waals surface area (Å²) in [5, 5.41) is 0. The first-order valence-electron chi connectivity index (χ1n) is 11.2. The number of carbonyl (C=O) groups excluding carboxylic acids is 3. The van der Waals surface area contributed by atoms with Crippen LogP contribution in [0.5, 0.6) is 0 Å². The molecule has 1 spiro atoms. The number of nitrogens with zero attached hydrogens (tertiary/aromatic N) is 4. The third-order valence-corrected chi connectivity index (χ3v) is 6.94. The molecule has 0 unspecified atom stereocenters. The Morgan fingerprint density at radius 1 is 1.06 bits per heavy atom. The molecule has 2 saturated heterocycles. The number of ether oxygens (including phenoxy) is 1. The second-order valence-corrected chi connectivity index (χ2v) is 8.84. The van der Waals surface area contributed by atoms with Gasteiger partial charge in [0.15, 0.2) is 0 Å². The zero-order valence-corrected chi connectivity index (χ0v) is 18.5. The topological polar surface area (TPSA) is 73.4 Å². The van der Waals surface area contributed by atoms with Crippen molar-refractivity contribution in [2.45, 2.75) is 44.2 Å². The molecule has 3 aliphatic rings. The van der Waals surface area contributed by atoms with Crippen molar-refractivity contribution in [3.63, 3.8) is 0 Å². The number of rotatable bonds is 5. The molecule has 1 aromatic carbocycles. The average Bonchev–Trinajstić information content (AvgIpc) is 2.97. The van der Waals surface area contributed by atoms with E-state index in [1.54, 1.807) is 23.9 Å². The highest BCUT2D eigenvalue weighted by atomic mass is 16.5. The van der Waals surface area contributed by atoms with E-state index in [9.17, 15) is 14.4 Å². The minimum Gasteiger partial charge on any atom is -0.378 e. The summed E-state index contributed by atoms with van der Waals surface area (Å²) in [5.74, 6) is -0.448. The molecule has 0 radical (unpaired) electrons. The molecule has 1 saturated carbocycles. The molecule has 2 aliphatic heterocycles. The Hall–Kier alpha value is -2.61. The van der Waals surface area contributed by atoms with Crippen LogP contribution in [0.15, 0.2) is 24.3 Å². The molecule has 168 valence electrons. The van der Waals surface area contributed by atoms with Crippen LogP contribution < -0.4 is 4.90 Å². The lowest BCUT2D eigenvalue weighted by Gasteiger charge is -2.35. The Morgan fingerprint density at radius 3 is 2.35 bits per heavy atom. The monoisotopic (exact) mass is 428 g/mol. The summed E-state index contributed by atoms with van der Waals surface area (Å²) in [6.45, 7) is 3.47. The van der Waals surface area contributed by atoms with Gasteiger partial charge < -0.3 is 19.4 Å². The van der Waals surface area contributed by atoms with E-state index in [0.717, 1.165) is 61.7 Å². The molecule has 4 rings (SSSR count). The first kappa shape index (κ1) is 21.6. The Balaban J connectivity index is 1.36. The van der Waals surface area contributed by atoms with Gasteiger partial charge in [0.25, 0.3) is 5.91 Å². The van der Waals surface area contributed by atoms with E-state index in [1.165, 1.54) is 0 Å². The summed E-state index contributed by atoms with van der Waals surface area (Å²) >= 11 is 0. The lowest BCUT2D eigenvalue weighted by atomic mass is 9.81. The van der Waals surface area contributed by atoms with E-state index in [2.05, 4.69) is 17.0 Å². The second kappa shape index (κ2) is 8.86. The van der Waals surface area contributed by atoms with E-state index in [1.807, 2.05) is 12.1 Å². The molecule has 0 bridgehead atoms. The third-order valence-electron chi connectivity index (χ3n) is 6.94. The van der Waals surface area contributed by atoms with E-state index >= 15 is 0 Å². The third kappa shape index (κ3) is 4.13. The van der Waals surface area contributed by atoms with Crippen LogP contribution in [-0.2, 0) is 20.9 Å². The molecule has 4 amide bonds. The van der Waals surface area contributed by atoms with Crippen molar-refractivity contribution < 1.29 is 19.1 Å². The predicted molar refractivity (Wildman–Crippen MR) is 117 cm³/mol. The predicted octanol–water partition coefficient (Wildman–Crippen LogP) is 2.08. The molecule has 8 heteroatoms. The Bertz CT molecular complexity index is 828. The van der Waals surface area contributed by atoms with Gasteiger partial charge in [0, 0.05) is 39.4 Å². The van der Waals surface area contributed by atoms with Crippen LogP contribution in [0.4, 0.5) is 10.5 Å². The largest absolute Gasteiger partial charge is 0.378 e. The molecule has 31 heavy (non-hydrogen) atoms. The SMILES string of the molecule is CN(Cc1ccc(N2CCOCC2)cc1)C(=O)CN1C(=O)N(C)C2(CCCCC2)C1=O. The van der Waals surface area contributed by atoms with Crippen LogP contribution in [0.25, 0.3) is 0 Å². The molecular formula is C23H32N4O4. The zero-order valence-electron chi connectivity index (χ0n) is 18.5. The van der Waals surface area contributed by atoms with Crippen molar-refractivity contribution in [3.05, 3.63) is 29.8 Å². The Morgan fingerprint density at radius 2 is 1.71 bits per heavy atom. The fourth-order valence-electron chi connectivity index (χ4n) is 4.92. The quantitative estimate of drug-likeness (QED) is 0.672. The fraction of sp³-hybridized carbons (Fsp3) is 0.609. The molecule has 0 N–H and O–H groups in total. The highest BCUT2D eigenvalue weighted by Crippen LogP contribution is 2.39. The first-order valence-corrected chi connectivity index (χ1v) is 11.2. The van der Waals surface area contributed by atoms with Gasteiger partial charge >= 0.3 is 6.03 Å². The van der Waals surface area contributed by atoms with Crippen molar-refractivity contribution in [3.8, 4) is 0 Å². The van der Waals surface area contributed by atoms with Gasteiger partial charge in [-0.1, -0.05) is 31.4 Å². The van der Waals surface area contributed by atoms with Crippen molar-refractivity contribution in [1.82, 2.24) is 14.7 Å². The molecule has 0 aromatic heterocycles. The number of imide groups is 1. The van der Waals surface area contributed by atoms with Crippen molar-refractivity contribution >= 4 is 23.5 Å². The van der Waals surface area contributed by atoms with Crippen molar-refractivity contribution in [2.24, 2.45) is 0 Å². The average molecular weight is 429 g/mol. The maximum Gasteiger partial charge on any atom is 0.327 e. The minimum atomic E-state index is -0.747. The van der Waals surface area contributed by atoms with Crippen LogP contribution in [0.1, 0.15) is 37.7 Å². The zero-order chi connectivity index (χ0) is 22.0. The number of urea groups is 1. The summed E-state index contributed by atoms with van der Waals surface area (Å²) in [4.78, 5) is 45.2. The maximum absolute atomic E-state index is 13.1. The van der Waals surface area contributed by atoms with Gasteiger partial charge in [0.2, 0.25) is 5.91 Å². The number of hydrogen-bond donors (Lipinski definition) is 0. The molecule has 8 nitrogen and oxygen atoms in total. The standard InChI is InChI=1S/C23H32N4O4/c1-24(16-18-6-8-19(9-7-18)26-12-14-31-15-13-26)20(28)17-27-21(29)23(25(2)22(27)30)10-4-3-5-11-23/h6-9H,3-5,10-17H2,1-2H3. The van der Waals surface area contributed by atoms with E-state index in [0.29, 0.717) is 19.4 Å². The minimum absolute atomic E-state index is 0.202. The Kier molecular flexibility index (Phi) is 6.18. The molecule has 1 aromatic rings. The number of morpholine rings is 1. The summed E-state index contributed by atoms with van der Waals surface area (Å²) in [7, 11) is 3.40. The summed E-state index contributed by atoms with van der Waals surface area (Å²) in [6.07, 6.45) is 4.33. The lowest BCUT2D eigenvalue weighted by molar-refractivity contribution is -0.140. The molecule has 0 atom stereocenters. The van der Waals surface area contributed by atoms with Gasteiger partial charge in [-0.3, -0.25) is 14.5 Å². The van der Waals surface area contributed by atoms with E-state index < -0.39 is 5.54 Å². The first-order chi connectivity index (χ1) is 14.9. The van der Waals surface area contributed by atoms with Gasteiger partial charge in [0.1, 0.15) is 12.1 Å². The van der Waals surface area contributed by atoms with E-state index in [4.69, 9.17) is 4.74 Å². The van der Waals surface area contributed by atoms with Gasteiger partial charge in [-0.2, -0.15) is 0 Å². The maximum atomic E-state index is 13.1. The van der Waals surface area contributed by atoms with Crippen LogP contribution >= 0.6 is 0 Å². The van der Waals surface area contributed by atoms with E-state index in [-0.39, 0.29) is 24.4 Å². The van der Waals surface area contributed by atoms with Gasteiger partial charge in [-0.05, 0) is 30.5 Å². The van der Waals surface area contributed by atoms with Crippen LogP contribution in [0.3, 0.4) is 0 Å². The summed E-state index contributed by atoms with van der Waals surface area (Å²) < 4.78 is 5.40. The van der Waals surface area contributed by atoms with Crippen molar-refractivity contribution in [2.75, 3.05) is 51.8 Å². The molecule has 1 aliphatic carbocycles. The van der Waals surface area contributed by atoms with Crippen LogP contribution in [0.2, 0.25) is 0 Å². The highest BCUT2D eigenvalue weighted by molar-refractivity contribution is 6.08. The normalized spacial score (nSPS) is 21.2. The lowest BCUT2D eigenvalue weighted by Crippen LogP contribution is -2.49. The summed E-state index contributed by atoms with van der Waals surface area (Å²) in [6, 6.07) is 7.81. The van der Waals surface area contributed by atoms with Gasteiger partial charge in [-0.25, -0.2) is 4.79 Å². The number of hydrogen-bond acceptors (Lipinski definition) is 5. The van der Waals surface area contributed by atoms with Gasteiger partial charge in [0.05, 0.1) is 13.2 Å². The smallest absolute Gasteiger partial charge is 0.327 e. The molecular weight excluding hydrogens is 396 g/mol. The van der Waals surface area contributed by atoms with Crippen LogP contribution in [0, 0.1) is 0 Å². The molecule has 2 heterocycles. The Labute approximate surface area is 183 Å². The fourth-order valence-corrected chi connectivity index (χ4v) is 4.92. The van der Waals surface area contributed by atoms with Crippen molar-refractivity contribution in [1.29, 1.82) is 0 Å². The number of likely N-dealkylation sites (N-methyl/N-ethyl adjacent to an activating group) is 2. The van der Waals surface area contributed by atoms with Gasteiger partial charge in [-0.15, -0.1) is 0 Å².